The molecule has 1 saturated heterocycles. The van der Waals surface area contributed by atoms with Gasteiger partial charge in [-0.3, -0.25) is 14.5 Å². The number of benzene rings is 1. The van der Waals surface area contributed by atoms with E-state index in [4.69, 9.17) is 4.74 Å². The van der Waals surface area contributed by atoms with Crippen LogP contribution in [0, 0.1) is 5.92 Å². The highest BCUT2D eigenvalue weighted by atomic mass is 16.5. The molecule has 0 bridgehead atoms. The largest absolute Gasteiger partial charge is 0.490 e. The number of fused-ring (bicyclic) bond motifs is 1. The average Bonchev–Trinajstić information content (AvgIpc) is 2.61. The Hall–Kier alpha value is -2.08. The SMILES string of the molecule is CC(C)CC(=O)N1CCN(CC(=O)N2CCOc3ccccc32)CC1. The van der Waals surface area contributed by atoms with Gasteiger partial charge in [0.1, 0.15) is 12.4 Å². The van der Waals surface area contributed by atoms with Crippen molar-refractivity contribution >= 4 is 17.5 Å². The van der Waals surface area contributed by atoms with Crippen LogP contribution in [0.5, 0.6) is 5.75 Å². The maximum atomic E-state index is 12.7. The van der Waals surface area contributed by atoms with E-state index in [1.165, 1.54) is 0 Å². The molecule has 25 heavy (non-hydrogen) atoms. The minimum absolute atomic E-state index is 0.0951. The Balaban J connectivity index is 1.53. The normalized spacial score (nSPS) is 18.0. The lowest BCUT2D eigenvalue weighted by Crippen LogP contribution is -2.52. The summed E-state index contributed by atoms with van der Waals surface area (Å²) < 4.78 is 5.61. The van der Waals surface area contributed by atoms with Crippen molar-refractivity contribution in [2.24, 2.45) is 5.92 Å². The molecule has 0 saturated carbocycles. The molecular formula is C19H27N3O3. The molecule has 3 rings (SSSR count). The first-order valence-electron chi connectivity index (χ1n) is 9.07. The van der Waals surface area contributed by atoms with E-state index >= 15 is 0 Å². The Morgan fingerprint density at radius 2 is 1.76 bits per heavy atom. The van der Waals surface area contributed by atoms with Gasteiger partial charge in [-0.25, -0.2) is 0 Å². The zero-order valence-electron chi connectivity index (χ0n) is 15.1. The van der Waals surface area contributed by atoms with Gasteiger partial charge in [-0.05, 0) is 18.1 Å². The number of rotatable bonds is 4. The molecule has 0 atom stereocenters. The predicted octanol–water partition coefficient (Wildman–Crippen LogP) is 1.60. The quantitative estimate of drug-likeness (QED) is 0.832. The van der Waals surface area contributed by atoms with Crippen LogP contribution in [0.25, 0.3) is 0 Å². The number of anilines is 1. The average molecular weight is 345 g/mol. The molecule has 2 heterocycles. The highest BCUT2D eigenvalue weighted by molar-refractivity contribution is 5.96. The molecule has 2 amide bonds. The number of nitrogens with zero attached hydrogens (tertiary/aromatic N) is 3. The third kappa shape index (κ3) is 4.31. The maximum absolute atomic E-state index is 12.7. The van der Waals surface area contributed by atoms with Gasteiger partial charge < -0.3 is 14.5 Å². The first-order chi connectivity index (χ1) is 12.0. The smallest absolute Gasteiger partial charge is 0.241 e. The summed E-state index contributed by atoms with van der Waals surface area (Å²) in [5, 5.41) is 0. The summed E-state index contributed by atoms with van der Waals surface area (Å²) in [7, 11) is 0. The van der Waals surface area contributed by atoms with Crippen LogP contribution < -0.4 is 9.64 Å². The Morgan fingerprint density at radius 3 is 2.48 bits per heavy atom. The van der Waals surface area contributed by atoms with Crippen LogP contribution in [0.2, 0.25) is 0 Å². The number of hydrogen-bond acceptors (Lipinski definition) is 4. The van der Waals surface area contributed by atoms with E-state index in [0.717, 1.165) is 24.5 Å². The molecule has 0 N–H and O–H groups in total. The first-order valence-corrected chi connectivity index (χ1v) is 9.07. The third-order valence-electron chi connectivity index (χ3n) is 4.70. The van der Waals surface area contributed by atoms with Gasteiger partial charge in [0.25, 0.3) is 0 Å². The minimum Gasteiger partial charge on any atom is -0.490 e. The number of para-hydroxylation sites is 2. The molecule has 0 unspecified atom stereocenters. The molecule has 0 radical (unpaired) electrons. The van der Waals surface area contributed by atoms with Crippen LogP contribution >= 0.6 is 0 Å². The standard InChI is InChI=1S/C19H27N3O3/c1-15(2)13-18(23)21-9-7-20(8-10-21)14-19(24)22-11-12-25-17-6-4-3-5-16(17)22/h3-6,15H,7-14H2,1-2H3. The molecule has 2 aliphatic rings. The summed E-state index contributed by atoms with van der Waals surface area (Å²) in [4.78, 5) is 30.8. The Kier molecular flexibility index (Phi) is 5.58. The number of ether oxygens (including phenoxy) is 1. The summed E-state index contributed by atoms with van der Waals surface area (Å²) in [6, 6.07) is 7.66. The summed E-state index contributed by atoms with van der Waals surface area (Å²) in [6.07, 6.45) is 0.601. The van der Waals surface area contributed by atoms with Crippen LogP contribution in [0.3, 0.4) is 0 Å². The van der Waals surface area contributed by atoms with E-state index in [1.54, 1.807) is 0 Å². The lowest BCUT2D eigenvalue weighted by atomic mass is 10.1. The third-order valence-corrected chi connectivity index (χ3v) is 4.70. The topological polar surface area (TPSA) is 53.1 Å². The van der Waals surface area contributed by atoms with Crippen molar-refractivity contribution < 1.29 is 14.3 Å². The van der Waals surface area contributed by atoms with Gasteiger partial charge in [0.15, 0.2) is 0 Å². The second kappa shape index (κ2) is 7.87. The van der Waals surface area contributed by atoms with Crippen LogP contribution in [0.15, 0.2) is 24.3 Å². The van der Waals surface area contributed by atoms with Crippen LogP contribution in [0.1, 0.15) is 20.3 Å². The number of hydrogen-bond donors (Lipinski definition) is 0. The highest BCUT2D eigenvalue weighted by Crippen LogP contribution is 2.31. The van der Waals surface area contributed by atoms with E-state index < -0.39 is 0 Å². The molecule has 1 fully saturated rings. The lowest BCUT2D eigenvalue weighted by Gasteiger charge is -2.36. The van der Waals surface area contributed by atoms with Crippen molar-refractivity contribution in [2.75, 3.05) is 50.8 Å². The van der Waals surface area contributed by atoms with Crippen LogP contribution in [0.4, 0.5) is 5.69 Å². The minimum atomic E-state index is 0.0951. The van der Waals surface area contributed by atoms with E-state index in [0.29, 0.717) is 45.1 Å². The van der Waals surface area contributed by atoms with E-state index in [9.17, 15) is 9.59 Å². The summed E-state index contributed by atoms with van der Waals surface area (Å²) in [6.45, 7) is 8.55. The van der Waals surface area contributed by atoms with Gasteiger partial charge in [0, 0.05) is 32.6 Å². The van der Waals surface area contributed by atoms with E-state index in [1.807, 2.05) is 34.1 Å². The van der Waals surface area contributed by atoms with Gasteiger partial charge in [-0.2, -0.15) is 0 Å². The van der Waals surface area contributed by atoms with Gasteiger partial charge >= 0.3 is 0 Å². The Labute approximate surface area is 149 Å². The molecule has 1 aromatic rings. The van der Waals surface area contributed by atoms with Gasteiger partial charge in [0.05, 0.1) is 18.8 Å². The summed E-state index contributed by atoms with van der Waals surface area (Å²) in [5.74, 6) is 1.47. The fourth-order valence-corrected chi connectivity index (χ4v) is 3.34. The fraction of sp³-hybridized carbons (Fsp3) is 0.579. The van der Waals surface area contributed by atoms with Crippen molar-refractivity contribution in [3.63, 3.8) is 0 Å². The highest BCUT2D eigenvalue weighted by Gasteiger charge is 2.27. The number of carbonyl (C=O) groups excluding carboxylic acids is 2. The molecule has 1 aromatic carbocycles. The molecule has 0 aromatic heterocycles. The molecular weight excluding hydrogens is 318 g/mol. The molecule has 2 aliphatic heterocycles. The zero-order valence-corrected chi connectivity index (χ0v) is 15.1. The first kappa shape index (κ1) is 17.7. The number of carbonyl (C=O) groups is 2. The van der Waals surface area contributed by atoms with E-state index in [-0.39, 0.29) is 11.8 Å². The molecule has 0 aliphatic carbocycles. The lowest BCUT2D eigenvalue weighted by molar-refractivity contribution is -0.133. The fourth-order valence-electron chi connectivity index (χ4n) is 3.34. The zero-order chi connectivity index (χ0) is 17.8. The molecule has 6 nitrogen and oxygen atoms in total. The number of amides is 2. The molecule has 6 heteroatoms. The van der Waals surface area contributed by atoms with Crippen molar-refractivity contribution in [1.29, 1.82) is 0 Å². The second-order valence-electron chi connectivity index (χ2n) is 7.12. The van der Waals surface area contributed by atoms with Gasteiger partial charge in [-0.15, -0.1) is 0 Å². The van der Waals surface area contributed by atoms with Crippen LogP contribution in [-0.4, -0.2) is 67.5 Å². The summed E-state index contributed by atoms with van der Waals surface area (Å²) >= 11 is 0. The number of piperazine rings is 1. The van der Waals surface area contributed by atoms with Gasteiger partial charge in [0.2, 0.25) is 11.8 Å². The Bertz CT molecular complexity index is 624. The van der Waals surface area contributed by atoms with E-state index in [2.05, 4.69) is 18.7 Å². The van der Waals surface area contributed by atoms with Crippen molar-refractivity contribution in [3.05, 3.63) is 24.3 Å². The molecule has 136 valence electrons. The molecule has 0 spiro atoms. The Morgan fingerprint density at radius 1 is 1.04 bits per heavy atom. The van der Waals surface area contributed by atoms with Crippen molar-refractivity contribution in [2.45, 2.75) is 20.3 Å². The summed E-state index contributed by atoms with van der Waals surface area (Å²) in [5.41, 5.74) is 0.851. The van der Waals surface area contributed by atoms with Crippen molar-refractivity contribution in [1.82, 2.24) is 9.80 Å². The monoisotopic (exact) mass is 345 g/mol. The predicted molar refractivity (Wildman–Crippen MR) is 96.8 cm³/mol. The maximum Gasteiger partial charge on any atom is 0.241 e. The second-order valence-corrected chi connectivity index (χ2v) is 7.12. The van der Waals surface area contributed by atoms with Crippen LogP contribution in [-0.2, 0) is 9.59 Å². The van der Waals surface area contributed by atoms with Crippen molar-refractivity contribution in [3.8, 4) is 5.75 Å². The van der Waals surface area contributed by atoms with Gasteiger partial charge in [-0.1, -0.05) is 26.0 Å².